The van der Waals surface area contributed by atoms with Gasteiger partial charge in [0.1, 0.15) is 22.2 Å². The van der Waals surface area contributed by atoms with Crippen LogP contribution in [0, 0.1) is 34.8 Å². The van der Waals surface area contributed by atoms with Gasteiger partial charge >= 0.3 is 6.09 Å². The normalized spacial score (nSPS) is 20.9. The maximum Gasteiger partial charge on any atom is 0.412 e. The smallest absolute Gasteiger partial charge is 0.412 e. The van der Waals surface area contributed by atoms with Crippen LogP contribution in [0.2, 0.25) is 0 Å². The van der Waals surface area contributed by atoms with Crippen molar-refractivity contribution in [3.8, 4) is 17.3 Å². The minimum absolute atomic E-state index is 0.0323. The van der Waals surface area contributed by atoms with Crippen molar-refractivity contribution in [3.05, 3.63) is 40.7 Å². The van der Waals surface area contributed by atoms with Gasteiger partial charge in [-0.2, -0.15) is 5.26 Å². The third-order valence-corrected chi connectivity index (χ3v) is 9.46. The fourth-order valence-electron chi connectivity index (χ4n) is 6.58. The van der Waals surface area contributed by atoms with Gasteiger partial charge in [0, 0.05) is 41.7 Å². The highest BCUT2D eigenvalue weighted by molar-refractivity contribution is 7.23. The first kappa shape index (κ1) is 27.8. The van der Waals surface area contributed by atoms with E-state index in [0.717, 1.165) is 36.2 Å². The minimum atomic E-state index is -0.794. The van der Waals surface area contributed by atoms with Gasteiger partial charge in [-0.05, 0) is 57.8 Å². The number of hydrogen-bond acceptors (Lipinski definition) is 10. The molecule has 7 rings (SSSR count). The first-order valence-corrected chi connectivity index (χ1v) is 14.8. The summed E-state index contributed by atoms with van der Waals surface area (Å²) < 4.78 is 43.0. The van der Waals surface area contributed by atoms with Crippen molar-refractivity contribution in [1.29, 1.82) is 5.26 Å². The second kappa shape index (κ2) is 9.77. The zero-order valence-electron chi connectivity index (χ0n) is 24.3. The van der Waals surface area contributed by atoms with E-state index in [4.69, 9.17) is 14.5 Å². The molecule has 1 aliphatic carbocycles. The van der Waals surface area contributed by atoms with Crippen LogP contribution in [0.5, 0.6) is 0 Å². The summed E-state index contributed by atoms with van der Waals surface area (Å²) in [7, 11) is 4.17. The zero-order valence-corrected chi connectivity index (χ0v) is 25.1. The summed E-state index contributed by atoms with van der Waals surface area (Å²) in [6, 6.07) is 2.60. The standard InChI is InChI=1S/C30H29F2N7O3S/c1-30(2,3)42-29(40)37-27-13(6-33)21-24(34-8-19(31)26(21)43-27)20-18-12-41-11-17(18)14-7-35-28(36-23(14)22(20)32)39-9-15-16(10-39)25(15)38(4)5/h7-8,15-16,25H,9-12H2,1-5H3,(H,37,40)/t15-,16+,25?. The number of hydrogen-bond donors (Lipinski definition) is 1. The summed E-state index contributed by atoms with van der Waals surface area (Å²) in [4.78, 5) is 30.5. The third-order valence-electron chi connectivity index (χ3n) is 8.35. The number of nitrogens with zero attached hydrogens (tertiary/aromatic N) is 6. The molecule has 0 radical (unpaired) electrons. The molecule has 3 aliphatic rings. The Hall–Kier alpha value is -3.99. The number of piperidine rings is 1. The van der Waals surface area contributed by atoms with Crippen LogP contribution < -0.4 is 10.2 Å². The van der Waals surface area contributed by atoms with Crippen molar-refractivity contribution in [1.82, 2.24) is 19.9 Å². The molecule has 0 bridgehead atoms. The average Bonchev–Trinajstić information content (AvgIpc) is 3.32. The van der Waals surface area contributed by atoms with E-state index >= 15 is 8.78 Å². The number of nitriles is 1. The molecule has 1 N–H and O–H groups in total. The predicted octanol–water partition coefficient (Wildman–Crippen LogP) is 5.43. The molecule has 5 heterocycles. The Bertz CT molecular complexity index is 1870. The van der Waals surface area contributed by atoms with Crippen molar-refractivity contribution >= 4 is 49.4 Å². The number of carbonyl (C=O) groups excluding carboxylic acids is 1. The monoisotopic (exact) mass is 605 g/mol. The summed E-state index contributed by atoms with van der Waals surface area (Å²) in [5, 5.41) is 13.4. The van der Waals surface area contributed by atoms with Crippen LogP contribution in [0.3, 0.4) is 0 Å². The lowest BCUT2D eigenvalue weighted by molar-refractivity contribution is 0.0636. The lowest BCUT2D eigenvalue weighted by atomic mass is 9.94. The maximum absolute atomic E-state index is 16.7. The molecule has 1 amide bonds. The van der Waals surface area contributed by atoms with Gasteiger partial charge < -0.3 is 19.3 Å². The Kier molecular flexibility index (Phi) is 6.32. The number of pyridine rings is 1. The number of nitrogens with one attached hydrogen (secondary N) is 1. The number of fused-ring (bicyclic) bond motifs is 5. The maximum atomic E-state index is 16.7. The van der Waals surface area contributed by atoms with Crippen LogP contribution >= 0.6 is 11.3 Å². The topological polar surface area (TPSA) is 116 Å². The van der Waals surface area contributed by atoms with E-state index in [0.29, 0.717) is 34.8 Å². The minimum Gasteiger partial charge on any atom is -0.444 e. The molecule has 1 unspecified atom stereocenters. The molecule has 43 heavy (non-hydrogen) atoms. The van der Waals surface area contributed by atoms with Crippen LogP contribution in [-0.4, -0.2) is 64.8 Å². The Morgan fingerprint density at radius 1 is 1.19 bits per heavy atom. The Labute approximate surface area is 250 Å². The van der Waals surface area contributed by atoms with Crippen LogP contribution in [0.1, 0.15) is 37.5 Å². The van der Waals surface area contributed by atoms with E-state index in [9.17, 15) is 10.1 Å². The Morgan fingerprint density at radius 3 is 2.58 bits per heavy atom. The molecule has 2 fully saturated rings. The number of ether oxygens (including phenoxy) is 2. The molecular weight excluding hydrogens is 576 g/mol. The number of carbonyl (C=O) groups is 1. The predicted molar refractivity (Wildman–Crippen MR) is 158 cm³/mol. The molecule has 3 atom stereocenters. The number of rotatable bonds is 4. The molecule has 3 aromatic heterocycles. The largest absolute Gasteiger partial charge is 0.444 e. The van der Waals surface area contributed by atoms with Gasteiger partial charge in [-0.3, -0.25) is 10.3 Å². The molecule has 1 saturated heterocycles. The lowest BCUT2D eigenvalue weighted by Crippen LogP contribution is -2.31. The summed E-state index contributed by atoms with van der Waals surface area (Å²) in [5.74, 6) is 0.184. The van der Waals surface area contributed by atoms with E-state index in [1.54, 1.807) is 27.0 Å². The van der Waals surface area contributed by atoms with Crippen LogP contribution in [-0.2, 0) is 22.7 Å². The van der Waals surface area contributed by atoms with Crippen molar-refractivity contribution in [2.75, 3.05) is 37.4 Å². The molecule has 1 aromatic carbocycles. The van der Waals surface area contributed by atoms with E-state index < -0.39 is 23.3 Å². The number of anilines is 2. The molecule has 2 aliphatic heterocycles. The fourth-order valence-corrected chi connectivity index (χ4v) is 7.62. The molecule has 4 aromatic rings. The van der Waals surface area contributed by atoms with E-state index in [-0.39, 0.29) is 50.6 Å². The molecule has 13 heteroatoms. The average molecular weight is 606 g/mol. The van der Waals surface area contributed by atoms with E-state index in [2.05, 4.69) is 45.2 Å². The van der Waals surface area contributed by atoms with Gasteiger partial charge in [-0.25, -0.2) is 23.5 Å². The molecule has 0 spiro atoms. The van der Waals surface area contributed by atoms with Gasteiger partial charge in [0.25, 0.3) is 0 Å². The van der Waals surface area contributed by atoms with Crippen LogP contribution in [0.4, 0.5) is 24.5 Å². The first-order chi connectivity index (χ1) is 20.5. The lowest BCUT2D eigenvalue weighted by Gasteiger charge is -2.22. The number of halogens is 2. The van der Waals surface area contributed by atoms with Crippen LogP contribution in [0.15, 0.2) is 12.4 Å². The Balaban J connectivity index is 1.36. The first-order valence-electron chi connectivity index (χ1n) is 14.0. The quantitative estimate of drug-likeness (QED) is 0.325. The Morgan fingerprint density at radius 2 is 1.91 bits per heavy atom. The number of aromatic nitrogens is 3. The highest BCUT2D eigenvalue weighted by Crippen LogP contribution is 2.49. The summed E-state index contributed by atoms with van der Waals surface area (Å²) in [5.41, 5.74) is 0.766. The van der Waals surface area contributed by atoms with Gasteiger partial charge in [0.05, 0.1) is 35.4 Å². The van der Waals surface area contributed by atoms with Gasteiger partial charge in [0.15, 0.2) is 11.6 Å². The van der Waals surface area contributed by atoms with Gasteiger partial charge in [0.2, 0.25) is 5.95 Å². The van der Waals surface area contributed by atoms with Gasteiger partial charge in [-0.1, -0.05) is 0 Å². The second-order valence-electron chi connectivity index (χ2n) is 12.5. The molecular formula is C30H29F2N7O3S. The van der Waals surface area contributed by atoms with Crippen LogP contribution in [0.25, 0.3) is 32.2 Å². The third kappa shape index (κ3) is 4.47. The molecule has 222 valence electrons. The number of benzene rings is 1. The highest BCUT2D eigenvalue weighted by Gasteiger charge is 2.57. The fraction of sp³-hybridized carbons (Fsp3) is 0.433. The summed E-state index contributed by atoms with van der Waals surface area (Å²) in [6.07, 6.45) is 1.85. The molecule has 1 saturated carbocycles. The van der Waals surface area contributed by atoms with E-state index in [1.165, 1.54) is 0 Å². The second-order valence-corrected chi connectivity index (χ2v) is 13.5. The van der Waals surface area contributed by atoms with Crippen molar-refractivity contribution in [2.45, 2.75) is 45.6 Å². The van der Waals surface area contributed by atoms with Gasteiger partial charge in [-0.15, -0.1) is 11.3 Å². The van der Waals surface area contributed by atoms with Crippen molar-refractivity contribution in [3.63, 3.8) is 0 Å². The van der Waals surface area contributed by atoms with Crippen molar-refractivity contribution < 1.29 is 23.0 Å². The zero-order chi connectivity index (χ0) is 30.4. The number of amides is 1. The molecule has 10 nitrogen and oxygen atoms in total. The summed E-state index contributed by atoms with van der Waals surface area (Å²) >= 11 is 0.868. The van der Waals surface area contributed by atoms with E-state index in [1.807, 2.05) is 0 Å². The number of thiophene rings is 1. The summed E-state index contributed by atoms with van der Waals surface area (Å²) in [6.45, 7) is 7.05. The van der Waals surface area contributed by atoms with Crippen molar-refractivity contribution in [2.24, 2.45) is 11.8 Å². The highest BCUT2D eigenvalue weighted by atomic mass is 32.1. The SMILES string of the molecule is CN(C)C1[C@H]2CN(c3ncc4c5c(c(-c6ncc(F)c7sc(NC(=O)OC(C)(C)C)c(C#N)c67)c(F)c4n3)COC5)C[C@@H]12.